The molecule has 1 aromatic rings. The van der Waals surface area contributed by atoms with Crippen molar-refractivity contribution in [2.24, 2.45) is 0 Å². The van der Waals surface area contributed by atoms with Crippen LogP contribution >= 0.6 is 15.9 Å². The summed E-state index contributed by atoms with van der Waals surface area (Å²) in [6, 6.07) is 4.63. The van der Waals surface area contributed by atoms with E-state index in [0.29, 0.717) is 6.04 Å². The smallest absolute Gasteiger partial charge is 0.123 e. The minimum absolute atomic E-state index is 0.363. The molecule has 0 heterocycles. The molecule has 0 aliphatic carbocycles. The van der Waals surface area contributed by atoms with E-state index < -0.39 is 0 Å². The molecule has 0 saturated carbocycles. The van der Waals surface area contributed by atoms with Gasteiger partial charge < -0.3 is 10.1 Å². The summed E-state index contributed by atoms with van der Waals surface area (Å²) in [5.74, 6) is 0.973. The van der Waals surface area contributed by atoms with Gasteiger partial charge in [-0.05, 0) is 38.1 Å². The molecule has 0 spiro atoms. The lowest BCUT2D eigenvalue weighted by Crippen LogP contribution is -2.17. The van der Waals surface area contributed by atoms with Crippen molar-refractivity contribution in [2.45, 2.75) is 39.2 Å². The number of nitrogens with one attached hydrogen (secondary N) is 1. The van der Waals surface area contributed by atoms with Gasteiger partial charge in [-0.3, -0.25) is 0 Å². The van der Waals surface area contributed by atoms with E-state index in [1.807, 2.05) is 7.05 Å². The van der Waals surface area contributed by atoms with E-state index in [0.717, 1.165) is 16.6 Å². The number of benzene rings is 1. The molecule has 2 nitrogen and oxygen atoms in total. The van der Waals surface area contributed by atoms with Crippen molar-refractivity contribution >= 4 is 15.9 Å². The maximum absolute atomic E-state index is 5.48. The highest BCUT2D eigenvalue weighted by Crippen LogP contribution is 2.33. The zero-order chi connectivity index (χ0) is 12.8. The fourth-order valence-corrected chi connectivity index (χ4v) is 2.34. The summed E-state index contributed by atoms with van der Waals surface area (Å²) < 4.78 is 6.63. The summed E-state index contributed by atoms with van der Waals surface area (Å²) in [5.41, 5.74) is 2.44. The Morgan fingerprint density at radius 1 is 1.41 bits per heavy atom. The van der Waals surface area contributed by atoms with Crippen LogP contribution in [-0.2, 0) is 0 Å². The van der Waals surface area contributed by atoms with Crippen molar-refractivity contribution in [1.82, 2.24) is 5.32 Å². The van der Waals surface area contributed by atoms with E-state index in [9.17, 15) is 0 Å². The molecule has 0 aliphatic rings. The fraction of sp³-hybridized carbons (Fsp3) is 0.571. The molecule has 1 aromatic carbocycles. The summed E-state index contributed by atoms with van der Waals surface area (Å²) >= 11 is 3.59. The van der Waals surface area contributed by atoms with Crippen molar-refractivity contribution in [2.75, 3.05) is 14.2 Å². The molecule has 1 unspecified atom stereocenters. The molecule has 0 aliphatic heterocycles. The monoisotopic (exact) mass is 299 g/mol. The Morgan fingerprint density at radius 2 is 2.12 bits per heavy atom. The largest absolute Gasteiger partial charge is 0.496 e. The van der Waals surface area contributed by atoms with Crippen molar-refractivity contribution in [3.05, 3.63) is 27.7 Å². The van der Waals surface area contributed by atoms with Crippen LogP contribution in [0.4, 0.5) is 0 Å². The molecule has 0 bridgehead atoms. The SMILES string of the molecule is CCCCC(NC)c1cc(Br)c(C)cc1OC. The van der Waals surface area contributed by atoms with Gasteiger partial charge in [0, 0.05) is 16.1 Å². The Bertz CT molecular complexity index is 365. The molecule has 3 heteroatoms. The Labute approximate surface area is 113 Å². The van der Waals surface area contributed by atoms with Gasteiger partial charge >= 0.3 is 0 Å². The summed E-state index contributed by atoms with van der Waals surface area (Å²) in [4.78, 5) is 0. The molecular formula is C14H22BrNO. The zero-order valence-corrected chi connectivity index (χ0v) is 12.7. The molecule has 1 rings (SSSR count). The summed E-state index contributed by atoms with van der Waals surface area (Å²) in [6.45, 7) is 4.30. The van der Waals surface area contributed by atoms with Crippen LogP contribution in [0.25, 0.3) is 0 Å². The molecule has 0 saturated heterocycles. The number of hydrogen-bond donors (Lipinski definition) is 1. The third-order valence-electron chi connectivity index (χ3n) is 3.08. The summed E-state index contributed by atoms with van der Waals surface area (Å²) in [5, 5.41) is 3.37. The van der Waals surface area contributed by atoms with Crippen LogP contribution in [0.1, 0.15) is 43.4 Å². The minimum atomic E-state index is 0.363. The molecule has 0 amide bonds. The lowest BCUT2D eigenvalue weighted by Gasteiger charge is -2.20. The van der Waals surface area contributed by atoms with Crippen LogP contribution in [0.5, 0.6) is 5.75 Å². The molecule has 0 radical (unpaired) electrons. The minimum Gasteiger partial charge on any atom is -0.496 e. The van der Waals surface area contributed by atoms with Gasteiger partial charge in [-0.15, -0.1) is 0 Å². The topological polar surface area (TPSA) is 21.3 Å². The first-order valence-electron chi connectivity index (χ1n) is 6.15. The van der Waals surface area contributed by atoms with Crippen molar-refractivity contribution in [3.8, 4) is 5.75 Å². The van der Waals surface area contributed by atoms with E-state index in [2.05, 4.69) is 47.2 Å². The van der Waals surface area contributed by atoms with Crippen LogP contribution < -0.4 is 10.1 Å². The van der Waals surface area contributed by atoms with Crippen LogP contribution in [0, 0.1) is 6.92 Å². The highest BCUT2D eigenvalue weighted by molar-refractivity contribution is 9.10. The van der Waals surface area contributed by atoms with Crippen molar-refractivity contribution in [3.63, 3.8) is 0 Å². The average Bonchev–Trinajstić information content (AvgIpc) is 2.34. The van der Waals surface area contributed by atoms with E-state index in [-0.39, 0.29) is 0 Å². The maximum Gasteiger partial charge on any atom is 0.123 e. The molecular weight excluding hydrogens is 278 g/mol. The lowest BCUT2D eigenvalue weighted by atomic mass is 9.99. The van der Waals surface area contributed by atoms with Gasteiger partial charge in [-0.2, -0.15) is 0 Å². The molecule has 17 heavy (non-hydrogen) atoms. The first-order chi connectivity index (χ1) is 8.13. The van der Waals surface area contributed by atoms with Crippen molar-refractivity contribution in [1.29, 1.82) is 0 Å². The quantitative estimate of drug-likeness (QED) is 0.849. The van der Waals surface area contributed by atoms with Crippen molar-refractivity contribution < 1.29 is 4.74 Å². The highest BCUT2D eigenvalue weighted by Gasteiger charge is 2.15. The van der Waals surface area contributed by atoms with Crippen LogP contribution in [0.3, 0.4) is 0 Å². The predicted molar refractivity (Wildman–Crippen MR) is 76.8 cm³/mol. The van der Waals surface area contributed by atoms with E-state index in [1.54, 1.807) is 7.11 Å². The first kappa shape index (κ1) is 14.5. The van der Waals surface area contributed by atoms with E-state index in [4.69, 9.17) is 4.74 Å². The molecule has 96 valence electrons. The van der Waals surface area contributed by atoms with Crippen LogP contribution in [-0.4, -0.2) is 14.2 Å². The fourth-order valence-electron chi connectivity index (χ4n) is 1.98. The van der Waals surface area contributed by atoms with Gasteiger partial charge in [0.1, 0.15) is 5.75 Å². The van der Waals surface area contributed by atoms with Gasteiger partial charge in [-0.1, -0.05) is 35.7 Å². The number of methoxy groups -OCH3 is 1. The summed E-state index contributed by atoms with van der Waals surface area (Å²) in [7, 11) is 3.74. The second-order valence-corrected chi connectivity index (χ2v) is 5.18. The van der Waals surface area contributed by atoms with Crippen LogP contribution in [0.15, 0.2) is 16.6 Å². The Balaban J connectivity index is 3.04. The number of rotatable bonds is 6. The molecule has 0 fully saturated rings. The number of ether oxygens (including phenoxy) is 1. The maximum atomic E-state index is 5.48. The van der Waals surface area contributed by atoms with Gasteiger partial charge in [0.15, 0.2) is 0 Å². The van der Waals surface area contributed by atoms with Gasteiger partial charge in [-0.25, -0.2) is 0 Å². The van der Waals surface area contributed by atoms with Crippen LogP contribution in [0.2, 0.25) is 0 Å². The third-order valence-corrected chi connectivity index (χ3v) is 3.94. The summed E-state index contributed by atoms with van der Waals surface area (Å²) in [6.07, 6.45) is 3.58. The van der Waals surface area contributed by atoms with E-state index in [1.165, 1.54) is 24.0 Å². The third kappa shape index (κ3) is 3.71. The molecule has 0 aromatic heterocycles. The number of hydrogen-bond acceptors (Lipinski definition) is 2. The van der Waals surface area contributed by atoms with Gasteiger partial charge in [0.2, 0.25) is 0 Å². The number of halogens is 1. The Kier molecular flexibility index (Phi) is 6.00. The Morgan fingerprint density at radius 3 is 2.65 bits per heavy atom. The standard InChI is InChI=1S/C14H22BrNO/c1-5-6-7-13(16-3)11-9-12(15)10(2)8-14(11)17-4/h8-9,13,16H,5-7H2,1-4H3. The van der Waals surface area contributed by atoms with Gasteiger partial charge in [0.25, 0.3) is 0 Å². The lowest BCUT2D eigenvalue weighted by molar-refractivity contribution is 0.397. The Hall–Kier alpha value is -0.540. The number of aryl methyl sites for hydroxylation is 1. The first-order valence-corrected chi connectivity index (χ1v) is 6.94. The normalized spacial score (nSPS) is 12.5. The second-order valence-electron chi connectivity index (χ2n) is 4.33. The predicted octanol–water partition coefficient (Wildman–Crippen LogP) is 4.22. The average molecular weight is 300 g/mol. The van der Waals surface area contributed by atoms with E-state index >= 15 is 0 Å². The molecule has 1 N–H and O–H groups in total. The van der Waals surface area contributed by atoms with Gasteiger partial charge in [0.05, 0.1) is 7.11 Å². The highest BCUT2D eigenvalue weighted by atomic mass is 79.9. The zero-order valence-electron chi connectivity index (χ0n) is 11.1. The number of unbranched alkanes of at least 4 members (excludes halogenated alkanes) is 1. The molecule has 1 atom stereocenters. The second kappa shape index (κ2) is 7.02.